The lowest BCUT2D eigenvalue weighted by molar-refractivity contribution is -0.118. The molecule has 2 aromatic rings. The molecule has 0 spiro atoms. The minimum atomic E-state index is -0.216. The molecule has 3 N–H and O–H groups in total. The third-order valence-corrected chi connectivity index (χ3v) is 2.90. The molecule has 0 radical (unpaired) electrons. The lowest BCUT2D eigenvalue weighted by atomic mass is 10.2. The summed E-state index contributed by atoms with van der Waals surface area (Å²) in [5.74, 6) is 1.14. The molecule has 21 heavy (non-hydrogen) atoms. The van der Waals surface area contributed by atoms with E-state index in [1.165, 1.54) is 0 Å². The Hall–Kier alpha value is -2.53. The number of amides is 1. The van der Waals surface area contributed by atoms with Gasteiger partial charge in [0.15, 0.2) is 6.61 Å². The number of ether oxygens (including phenoxy) is 2. The third-order valence-electron chi connectivity index (χ3n) is 2.90. The summed E-state index contributed by atoms with van der Waals surface area (Å²) < 4.78 is 10.4. The van der Waals surface area contributed by atoms with Crippen LogP contribution < -0.4 is 20.5 Å². The van der Waals surface area contributed by atoms with Crippen LogP contribution in [-0.2, 0) is 11.3 Å². The minimum absolute atomic E-state index is 0.0506. The number of nitrogens with one attached hydrogen (secondary N) is 1. The molecule has 2 rings (SSSR count). The molecule has 5 nitrogen and oxygen atoms in total. The summed E-state index contributed by atoms with van der Waals surface area (Å²) >= 11 is 0. The molecule has 0 bridgehead atoms. The van der Waals surface area contributed by atoms with Crippen molar-refractivity contribution in [3.05, 3.63) is 54.1 Å². The van der Waals surface area contributed by atoms with Crippen LogP contribution in [0.4, 0.5) is 5.69 Å². The fourth-order valence-corrected chi connectivity index (χ4v) is 1.74. The summed E-state index contributed by atoms with van der Waals surface area (Å²) in [4.78, 5) is 11.8. The summed E-state index contributed by atoms with van der Waals surface area (Å²) in [6.07, 6.45) is 0. The van der Waals surface area contributed by atoms with Gasteiger partial charge in [-0.05, 0) is 42.0 Å². The van der Waals surface area contributed by atoms with Crippen LogP contribution in [0.3, 0.4) is 0 Å². The van der Waals surface area contributed by atoms with Gasteiger partial charge >= 0.3 is 0 Å². The summed E-state index contributed by atoms with van der Waals surface area (Å²) in [5, 5.41) is 2.76. The van der Waals surface area contributed by atoms with Crippen molar-refractivity contribution >= 4 is 11.6 Å². The zero-order valence-electron chi connectivity index (χ0n) is 11.8. The first-order chi connectivity index (χ1) is 10.2. The highest BCUT2D eigenvalue weighted by atomic mass is 16.5. The topological polar surface area (TPSA) is 73.6 Å². The molecule has 0 heterocycles. The average molecular weight is 286 g/mol. The maximum atomic E-state index is 11.8. The van der Waals surface area contributed by atoms with E-state index in [1.54, 1.807) is 31.4 Å². The molecule has 0 saturated carbocycles. The van der Waals surface area contributed by atoms with Gasteiger partial charge in [-0.2, -0.15) is 0 Å². The van der Waals surface area contributed by atoms with E-state index < -0.39 is 0 Å². The number of hydrogen-bond acceptors (Lipinski definition) is 4. The summed E-state index contributed by atoms with van der Waals surface area (Å²) in [6, 6.07) is 14.4. The number of methoxy groups -OCH3 is 1. The van der Waals surface area contributed by atoms with Crippen molar-refractivity contribution in [3.8, 4) is 11.5 Å². The van der Waals surface area contributed by atoms with Crippen molar-refractivity contribution in [2.45, 2.75) is 6.54 Å². The Labute approximate surface area is 123 Å². The van der Waals surface area contributed by atoms with E-state index >= 15 is 0 Å². The van der Waals surface area contributed by atoms with Gasteiger partial charge in [-0.3, -0.25) is 4.79 Å². The van der Waals surface area contributed by atoms with Gasteiger partial charge in [-0.1, -0.05) is 12.1 Å². The predicted molar refractivity (Wildman–Crippen MR) is 81.5 cm³/mol. The van der Waals surface area contributed by atoms with Crippen LogP contribution in [0.1, 0.15) is 5.56 Å². The first-order valence-corrected chi connectivity index (χ1v) is 6.57. The molecule has 0 saturated heterocycles. The largest absolute Gasteiger partial charge is 0.497 e. The fraction of sp³-hybridized carbons (Fsp3) is 0.188. The van der Waals surface area contributed by atoms with E-state index in [4.69, 9.17) is 15.2 Å². The number of hydrogen-bond donors (Lipinski definition) is 2. The van der Waals surface area contributed by atoms with Crippen LogP contribution in [-0.4, -0.2) is 19.6 Å². The first kappa shape index (κ1) is 14.9. The Morgan fingerprint density at radius 2 is 1.67 bits per heavy atom. The zero-order valence-corrected chi connectivity index (χ0v) is 11.8. The SMILES string of the molecule is COc1ccc(OCC(=O)Nc2ccc(CN)cc2)cc1. The molecule has 0 atom stereocenters. The number of anilines is 1. The number of carbonyl (C=O) groups is 1. The van der Waals surface area contributed by atoms with Crippen LogP contribution in [0.25, 0.3) is 0 Å². The van der Waals surface area contributed by atoms with Gasteiger partial charge < -0.3 is 20.5 Å². The molecule has 0 aliphatic rings. The van der Waals surface area contributed by atoms with Gasteiger partial charge in [-0.25, -0.2) is 0 Å². The van der Waals surface area contributed by atoms with Crippen LogP contribution in [0.5, 0.6) is 11.5 Å². The highest BCUT2D eigenvalue weighted by Crippen LogP contribution is 2.17. The summed E-state index contributed by atoms with van der Waals surface area (Å²) in [6.45, 7) is 0.430. The molecule has 0 aliphatic carbocycles. The summed E-state index contributed by atoms with van der Waals surface area (Å²) in [5.41, 5.74) is 7.25. The second-order valence-corrected chi connectivity index (χ2v) is 4.41. The van der Waals surface area contributed by atoms with Crippen LogP contribution in [0.2, 0.25) is 0 Å². The van der Waals surface area contributed by atoms with Crippen molar-refractivity contribution in [2.75, 3.05) is 19.0 Å². The molecule has 0 aromatic heterocycles. The normalized spacial score (nSPS) is 10.0. The molecule has 0 fully saturated rings. The van der Waals surface area contributed by atoms with Gasteiger partial charge in [0.1, 0.15) is 11.5 Å². The van der Waals surface area contributed by atoms with E-state index in [2.05, 4.69) is 5.32 Å². The molecule has 0 unspecified atom stereocenters. The Morgan fingerprint density at radius 1 is 1.05 bits per heavy atom. The lowest BCUT2D eigenvalue weighted by Gasteiger charge is -2.08. The molecule has 1 amide bonds. The Balaban J connectivity index is 1.83. The van der Waals surface area contributed by atoms with Gasteiger partial charge in [0.2, 0.25) is 0 Å². The van der Waals surface area contributed by atoms with E-state index in [-0.39, 0.29) is 12.5 Å². The Bertz CT molecular complexity index is 579. The van der Waals surface area contributed by atoms with E-state index in [9.17, 15) is 4.79 Å². The Morgan fingerprint density at radius 3 is 2.24 bits per heavy atom. The zero-order chi connectivity index (χ0) is 15.1. The van der Waals surface area contributed by atoms with Crippen molar-refractivity contribution in [1.29, 1.82) is 0 Å². The molecular weight excluding hydrogens is 268 g/mol. The summed E-state index contributed by atoms with van der Waals surface area (Å²) in [7, 11) is 1.60. The van der Waals surface area contributed by atoms with E-state index in [1.807, 2.05) is 24.3 Å². The molecule has 5 heteroatoms. The highest BCUT2D eigenvalue weighted by molar-refractivity contribution is 5.91. The minimum Gasteiger partial charge on any atom is -0.497 e. The van der Waals surface area contributed by atoms with Gasteiger partial charge in [0.25, 0.3) is 5.91 Å². The number of rotatable bonds is 6. The predicted octanol–water partition coefficient (Wildman–Crippen LogP) is 2.17. The fourth-order valence-electron chi connectivity index (χ4n) is 1.74. The molecule has 110 valence electrons. The monoisotopic (exact) mass is 286 g/mol. The second kappa shape index (κ2) is 7.31. The smallest absolute Gasteiger partial charge is 0.262 e. The van der Waals surface area contributed by atoms with Gasteiger partial charge in [0, 0.05) is 12.2 Å². The Kier molecular flexibility index (Phi) is 5.17. The van der Waals surface area contributed by atoms with Crippen molar-refractivity contribution in [3.63, 3.8) is 0 Å². The van der Waals surface area contributed by atoms with Crippen molar-refractivity contribution < 1.29 is 14.3 Å². The van der Waals surface area contributed by atoms with Crippen LogP contribution >= 0.6 is 0 Å². The van der Waals surface area contributed by atoms with Crippen molar-refractivity contribution in [2.24, 2.45) is 5.73 Å². The van der Waals surface area contributed by atoms with Crippen LogP contribution in [0.15, 0.2) is 48.5 Å². The third kappa shape index (κ3) is 4.50. The van der Waals surface area contributed by atoms with E-state index in [0.717, 1.165) is 17.0 Å². The molecule has 0 aliphatic heterocycles. The number of carbonyl (C=O) groups excluding carboxylic acids is 1. The molecule has 2 aromatic carbocycles. The standard InChI is InChI=1S/C16H18N2O3/c1-20-14-6-8-15(9-7-14)21-11-16(19)18-13-4-2-12(10-17)3-5-13/h2-9H,10-11,17H2,1H3,(H,18,19). The maximum absolute atomic E-state index is 11.8. The maximum Gasteiger partial charge on any atom is 0.262 e. The highest BCUT2D eigenvalue weighted by Gasteiger charge is 2.04. The van der Waals surface area contributed by atoms with E-state index in [0.29, 0.717) is 12.3 Å². The quantitative estimate of drug-likeness (QED) is 0.853. The van der Waals surface area contributed by atoms with Crippen molar-refractivity contribution in [1.82, 2.24) is 0 Å². The first-order valence-electron chi connectivity index (χ1n) is 6.57. The average Bonchev–Trinajstić information content (AvgIpc) is 2.54. The molecular formula is C16H18N2O3. The number of benzene rings is 2. The van der Waals surface area contributed by atoms with Crippen LogP contribution in [0, 0.1) is 0 Å². The second-order valence-electron chi connectivity index (χ2n) is 4.41. The van der Waals surface area contributed by atoms with Gasteiger partial charge in [0.05, 0.1) is 7.11 Å². The lowest BCUT2D eigenvalue weighted by Crippen LogP contribution is -2.20. The van der Waals surface area contributed by atoms with Gasteiger partial charge in [-0.15, -0.1) is 0 Å². The number of nitrogens with two attached hydrogens (primary N) is 1.